The zero-order chi connectivity index (χ0) is 55.7. The van der Waals surface area contributed by atoms with Gasteiger partial charge in [-0.05, 0) is 57.8 Å². The highest BCUT2D eigenvalue weighted by Crippen LogP contribution is 2.19. The molecular weight excluding hydrogens is 947 g/mol. The van der Waals surface area contributed by atoms with Gasteiger partial charge in [-0.3, -0.25) is 9.59 Å². The molecule has 1 amide bonds. The lowest BCUT2D eigenvalue weighted by Crippen LogP contribution is -2.45. The predicted octanol–water partition coefficient (Wildman–Crippen LogP) is 22.5. The first-order valence-corrected chi connectivity index (χ1v) is 35.1. The van der Waals surface area contributed by atoms with Crippen LogP contribution >= 0.6 is 0 Å². The van der Waals surface area contributed by atoms with E-state index in [4.69, 9.17) is 4.74 Å². The highest BCUT2D eigenvalue weighted by atomic mass is 16.5. The van der Waals surface area contributed by atoms with E-state index in [-0.39, 0.29) is 18.5 Å². The van der Waals surface area contributed by atoms with Gasteiger partial charge in [0, 0.05) is 12.8 Å². The van der Waals surface area contributed by atoms with Crippen molar-refractivity contribution in [1.29, 1.82) is 0 Å². The third-order valence-corrected chi connectivity index (χ3v) is 16.5. The molecule has 0 aromatic rings. The number of allylic oxidation sites excluding steroid dienone is 4. The molecule has 0 saturated heterocycles. The summed E-state index contributed by atoms with van der Waals surface area (Å²) in [4.78, 5) is 24.5. The van der Waals surface area contributed by atoms with Gasteiger partial charge in [0.25, 0.3) is 0 Å². The first kappa shape index (κ1) is 75.3. The summed E-state index contributed by atoms with van der Waals surface area (Å²) in [6.07, 6.45) is 83.9. The van der Waals surface area contributed by atoms with Crippen LogP contribution in [0.2, 0.25) is 0 Å². The van der Waals surface area contributed by atoms with Gasteiger partial charge in [-0.1, -0.05) is 346 Å². The lowest BCUT2D eigenvalue weighted by Gasteiger charge is -2.22. The number of unbranched alkanes of at least 4 members (excludes halogenated alkanes) is 51. The van der Waals surface area contributed by atoms with Crippen LogP contribution in [0.5, 0.6) is 0 Å². The molecule has 2 atom stereocenters. The fourth-order valence-electron chi connectivity index (χ4n) is 11.1. The summed E-state index contributed by atoms with van der Waals surface area (Å²) in [6.45, 7) is 4.94. The highest BCUT2D eigenvalue weighted by Gasteiger charge is 2.20. The van der Waals surface area contributed by atoms with E-state index in [2.05, 4.69) is 43.5 Å². The number of carbonyl (C=O) groups excluding carboxylic acids is 2. The summed E-state index contributed by atoms with van der Waals surface area (Å²) in [6, 6.07) is -0.535. The quantitative estimate of drug-likeness (QED) is 0.0320. The summed E-state index contributed by atoms with van der Waals surface area (Å²) in [5.41, 5.74) is 0. The maximum atomic E-state index is 12.4. The average molecular weight is 1080 g/mol. The molecule has 0 aliphatic carbocycles. The number of nitrogens with one attached hydrogen (secondary N) is 1. The largest absolute Gasteiger partial charge is 0.466 e. The Labute approximate surface area is 481 Å². The number of ether oxygens (including phenoxy) is 1. The van der Waals surface area contributed by atoms with E-state index in [1.165, 1.54) is 308 Å². The van der Waals surface area contributed by atoms with E-state index in [1.807, 2.05) is 0 Å². The predicted molar refractivity (Wildman–Crippen MR) is 338 cm³/mol. The molecule has 0 aliphatic rings. The van der Waals surface area contributed by atoms with Gasteiger partial charge in [0.15, 0.2) is 0 Å². The number of aliphatic hydroxyl groups excluding tert-OH is 2. The van der Waals surface area contributed by atoms with Crippen molar-refractivity contribution in [2.75, 3.05) is 13.2 Å². The van der Waals surface area contributed by atoms with Gasteiger partial charge < -0.3 is 20.3 Å². The molecule has 6 nitrogen and oxygen atoms in total. The number of esters is 1. The second-order valence-electron chi connectivity index (χ2n) is 24.2. The Balaban J connectivity index is 3.28. The average Bonchev–Trinajstić information content (AvgIpc) is 3.43. The third kappa shape index (κ3) is 63.4. The minimum absolute atomic E-state index is 0.0179. The van der Waals surface area contributed by atoms with Crippen molar-refractivity contribution in [2.45, 2.75) is 405 Å². The number of aliphatic hydroxyl groups is 2. The van der Waals surface area contributed by atoms with E-state index in [1.54, 1.807) is 0 Å². The first-order valence-electron chi connectivity index (χ1n) is 35.1. The van der Waals surface area contributed by atoms with Crippen molar-refractivity contribution in [3.8, 4) is 0 Å². The molecule has 0 aliphatic heterocycles. The minimum atomic E-state index is -0.658. The van der Waals surface area contributed by atoms with Gasteiger partial charge in [0.1, 0.15) is 0 Å². The van der Waals surface area contributed by atoms with Crippen molar-refractivity contribution < 1.29 is 24.5 Å². The second kappa shape index (κ2) is 66.8. The lowest BCUT2D eigenvalue weighted by molar-refractivity contribution is -0.143. The van der Waals surface area contributed by atoms with Crippen molar-refractivity contribution >= 4 is 11.9 Å². The fraction of sp³-hybridized carbons (Fsp3) is 0.915. The molecule has 0 spiro atoms. The molecule has 456 valence electrons. The number of carbonyl (C=O) groups is 2. The molecule has 0 bridgehead atoms. The zero-order valence-corrected chi connectivity index (χ0v) is 52.2. The van der Waals surface area contributed by atoms with Crippen LogP contribution in [0.3, 0.4) is 0 Å². The number of hydrogen-bond acceptors (Lipinski definition) is 5. The second-order valence-corrected chi connectivity index (χ2v) is 24.2. The van der Waals surface area contributed by atoms with E-state index in [0.717, 1.165) is 51.4 Å². The van der Waals surface area contributed by atoms with Gasteiger partial charge in [0.2, 0.25) is 5.91 Å². The first-order chi connectivity index (χ1) is 38.0. The van der Waals surface area contributed by atoms with Crippen LogP contribution in [0.15, 0.2) is 24.3 Å². The molecule has 77 heavy (non-hydrogen) atoms. The summed E-state index contributed by atoms with van der Waals surface area (Å²) in [5, 5.41) is 23.1. The molecule has 0 fully saturated rings. The smallest absolute Gasteiger partial charge is 0.305 e. The third-order valence-electron chi connectivity index (χ3n) is 16.5. The van der Waals surface area contributed by atoms with Crippen LogP contribution in [0.1, 0.15) is 393 Å². The number of hydrogen-bond donors (Lipinski definition) is 3. The van der Waals surface area contributed by atoms with Crippen LogP contribution in [-0.4, -0.2) is 47.4 Å². The molecule has 0 aromatic carbocycles. The maximum Gasteiger partial charge on any atom is 0.305 e. The summed E-state index contributed by atoms with van der Waals surface area (Å²) >= 11 is 0. The lowest BCUT2D eigenvalue weighted by atomic mass is 10.0. The van der Waals surface area contributed by atoms with Crippen molar-refractivity contribution in [1.82, 2.24) is 5.32 Å². The topological polar surface area (TPSA) is 95.9 Å². The van der Waals surface area contributed by atoms with Gasteiger partial charge in [0.05, 0.1) is 25.4 Å². The number of rotatable bonds is 66. The Morgan fingerprint density at radius 3 is 1.01 bits per heavy atom. The highest BCUT2D eigenvalue weighted by molar-refractivity contribution is 5.76. The van der Waals surface area contributed by atoms with Gasteiger partial charge in [-0.2, -0.15) is 0 Å². The normalized spacial score (nSPS) is 12.6. The molecule has 0 radical (unpaired) electrons. The Morgan fingerprint density at radius 2 is 0.649 bits per heavy atom. The van der Waals surface area contributed by atoms with Crippen LogP contribution in [-0.2, 0) is 14.3 Å². The van der Waals surface area contributed by atoms with Crippen LogP contribution in [0.25, 0.3) is 0 Å². The monoisotopic (exact) mass is 1080 g/mol. The van der Waals surface area contributed by atoms with E-state index in [0.29, 0.717) is 25.9 Å². The SMILES string of the molecule is CCCCC/C=C\C/C=C\CCCCCCCCCCCC(=O)OCCCCCCCCCCCCCCCCCCCCCCCCCCCCCCCCCCC(=O)NC(CO)C(O)CCCCCCCCCCC. The van der Waals surface area contributed by atoms with Crippen LogP contribution in [0.4, 0.5) is 0 Å². The number of amides is 1. The van der Waals surface area contributed by atoms with Crippen molar-refractivity contribution in [2.24, 2.45) is 0 Å². The Hall–Kier alpha value is -1.66. The Bertz CT molecular complexity index is 1200. The molecule has 0 rings (SSSR count). The van der Waals surface area contributed by atoms with Crippen molar-refractivity contribution in [3.05, 3.63) is 24.3 Å². The standard InChI is InChI=1S/C71H137NO5/c1-3-5-7-9-11-13-14-15-16-17-32-36-39-42-45-49-53-57-61-65-71(76)77-66-62-58-54-50-46-43-40-37-34-31-29-27-25-23-21-19-18-20-22-24-26-28-30-33-35-38-41-44-48-52-56-60-64-70(75)72-68(67-73)69(74)63-59-55-51-47-12-10-8-6-4-2/h11,13,15-16,68-69,73-74H,3-10,12,14,17-67H2,1-2H3,(H,72,75)/b13-11-,16-15-. The molecule has 0 heterocycles. The molecule has 2 unspecified atom stereocenters. The Morgan fingerprint density at radius 1 is 0.364 bits per heavy atom. The molecule has 0 saturated carbocycles. The summed E-state index contributed by atoms with van der Waals surface area (Å²) < 4.78 is 5.51. The summed E-state index contributed by atoms with van der Waals surface area (Å²) in [5.74, 6) is -0.0132. The van der Waals surface area contributed by atoms with E-state index in [9.17, 15) is 19.8 Å². The van der Waals surface area contributed by atoms with Gasteiger partial charge in [-0.15, -0.1) is 0 Å². The fourth-order valence-corrected chi connectivity index (χ4v) is 11.1. The minimum Gasteiger partial charge on any atom is -0.466 e. The Kier molecular flexibility index (Phi) is 65.4. The van der Waals surface area contributed by atoms with Crippen LogP contribution in [0, 0.1) is 0 Å². The molecule has 3 N–H and O–H groups in total. The van der Waals surface area contributed by atoms with Gasteiger partial charge >= 0.3 is 5.97 Å². The molecule has 0 aromatic heterocycles. The van der Waals surface area contributed by atoms with E-state index >= 15 is 0 Å². The molecule has 6 heteroatoms. The van der Waals surface area contributed by atoms with Crippen molar-refractivity contribution in [3.63, 3.8) is 0 Å². The summed E-state index contributed by atoms with van der Waals surface area (Å²) in [7, 11) is 0. The van der Waals surface area contributed by atoms with Crippen LogP contribution < -0.4 is 5.32 Å². The van der Waals surface area contributed by atoms with E-state index < -0.39 is 12.1 Å². The zero-order valence-electron chi connectivity index (χ0n) is 52.2. The van der Waals surface area contributed by atoms with Gasteiger partial charge in [-0.25, -0.2) is 0 Å². The molecular formula is C71H137NO5. The maximum absolute atomic E-state index is 12.4.